The summed E-state index contributed by atoms with van der Waals surface area (Å²) in [5.74, 6) is 0.410. The van der Waals surface area contributed by atoms with Crippen LogP contribution >= 0.6 is 15.9 Å². The average Bonchev–Trinajstić information content (AvgIpc) is 2.88. The van der Waals surface area contributed by atoms with Crippen LogP contribution in [0.2, 0.25) is 0 Å². The van der Waals surface area contributed by atoms with Crippen molar-refractivity contribution in [1.29, 1.82) is 0 Å². The molecular weight excluding hydrogens is 334 g/mol. The quantitative estimate of drug-likeness (QED) is 0.367. The van der Waals surface area contributed by atoms with Gasteiger partial charge in [-0.25, -0.2) is 0 Å². The van der Waals surface area contributed by atoms with E-state index >= 15 is 0 Å². The number of nitrogens with zero attached hydrogens (tertiary/aromatic N) is 1. The van der Waals surface area contributed by atoms with Gasteiger partial charge in [0.1, 0.15) is 0 Å². The Morgan fingerprint density at radius 2 is 1.68 bits per heavy atom. The van der Waals surface area contributed by atoms with E-state index < -0.39 is 0 Å². The van der Waals surface area contributed by atoms with Crippen molar-refractivity contribution >= 4 is 37.7 Å². The first-order chi connectivity index (χ1) is 10.8. The molecule has 0 fully saturated rings. The van der Waals surface area contributed by atoms with E-state index in [9.17, 15) is 0 Å². The summed E-state index contributed by atoms with van der Waals surface area (Å²) in [6, 6.07) is 22.0. The lowest BCUT2D eigenvalue weighted by molar-refractivity contribution is 0.879. The normalized spacial score (nSPS) is 16.2. The molecule has 3 aromatic carbocycles. The average molecular weight is 348 g/mol. The molecular formula is C20H14BrN. The van der Waals surface area contributed by atoms with Crippen LogP contribution in [0.25, 0.3) is 27.5 Å². The van der Waals surface area contributed by atoms with E-state index in [0.717, 1.165) is 4.47 Å². The van der Waals surface area contributed by atoms with E-state index in [0.29, 0.717) is 5.92 Å². The molecule has 1 nitrogen and oxygen atoms in total. The van der Waals surface area contributed by atoms with Crippen molar-refractivity contribution < 1.29 is 0 Å². The van der Waals surface area contributed by atoms with Gasteiger partial charge in [0, 0.05) is 21.2 Å². The van der Waals surface area contributed by atoms with Crippen LogP contribution < -0.4 is 0 Å². The Hall–Kier alpha value is -2.06. The second-order valence-electron chi connectivity index (χ2n) is 6.02. The van der Waals surface area contributed by atoms with E-state index in [1.54, 1.807) is 0 Å². The Bertz CT molecular complexity index is 1060. The van der Waals surface area contributed by atoms with E-state index in [2.05, 4.69) is 88.1 Å². The molecule has 1 unspecified atom stereocenters. The highest BCUT2D eigenvalue weighted by molar-refractivity contribution is 9.10. The lowest BCUT2D eigenvalue weighted by Gasteiger charge is -2.26. The van der Waals surface area contributed by atoms with Crippen LogP contribution in [0.4, 0.5) is 0 Å². The number of para-hydroxylation sites is 2. The van der Waals surface area contributed by atoms with Gasteiger partial charge in [0.25, 0.3) is 0 Å². The molecule has 2 heterocycles. The van der Waals surface area contributed by atoms with Crippen molar-refractivity contribution in [3.05, 3.63) is 76.3 Å². The van der Waals surface area contributed by atoms with Crippen LogP contribution in [0.3, 0.4) is 0 Å². The first-order valence-corrected chi connectivity index (χ1v) is 8.37. The maximum atomic E-state index is 3.63. The van der Waals surface area contributed by atoms with Crippen molar-refractivity contribution in [2.24, 2.45) is 0 Å². The highest BCUT2D eigenvalue weighted by Crippen LogP contribution is 2.44. The van der Waals surface area contributed by atoms with Gasteiger partial charge in [0.05, 0.1) is 16.7 Å². The van der Waals surface area contributed by atoms with Crippen LogP contribution in [0.1, 0.15) is 24.0 Å². The minimum absolute atomic E-state index is 0.410. The molecule has 4 aromatic rings. The Balaban J connectivity index is 2.09. The summed E-state index contributed by atoms with van der Waals surface area (Å²) >= 11 is 3.63. The van der Waals surface area contributed by atoms with Gasteiger partial charge in [-0.05, 0) is 35.4 Å². The molecule has 0 saturated heterocycles. The SMILES string of the molecule is CC1c2cc(Br)ccc2-n2c3ccccc3c3cccc1c32. The molecule has 1 aromatic heterocycles. The largest absolute Gasteiger partial charge is 0.309 e. The van der Waals surface area contributed by atoms with E-state index in [-0.39, 0.29) is 0 Å². The first kappa shape index (κ1) is 12.5. The maximum absolute atomic E-state index is 3.63. The highest BCUT2D eigenvalue weighted by Gasteiger charge is 2.26. The molecule has 0 saturated carbocycles. The monoisotopic (exact) mass is 347 g/mol. The minimum atomic E-state index is 0.410. The second-order valence-corrected chi connectivity index (χ2v) is 6.94. The molecule has 0 N–H and O–H groups in total. The third-order valence-electron chi connectivity index (χ3n) is 4.89. The summed E-state index contributed by atoms with van der Waals surface area (Å²) in [6.45, 7) is 2.31. The third-order valence-corrected chi connectivity index (χ3v) is 5.38. The minimum Gasteiger partial charge on any atom is -0.309 e. The Kier molecular flexibility index (Phi) is 2.40. The lowest BCUT2D eigenvalue weighted by Crippen LogP contribution is -2.11. The van der Waals surface area contributed by atoms with Crippen molar-refractivity contribution in [2.75, 3.05) is 0 Å². The van der Waals surface area contributed by atoms with Crippen molar-refractivity contribution in [2.45, 2.75) is 12.8 Å². The summed E-state index contributed by atoms with van der Waals surface area (Å²) in [4.78, 5) is 0. The molecule has 1 aliphatic rings. The van der Waals surface area contributed by atoms with E-state index in [1.807, 2.05) is 0 Å². The van der Waals surface area contributed by atoms with E-state index in [1.165, 1.54) is 38.6 Å². The van der Waals surface area contributed by atoms with Crippen LogP contribution in [-0.4, -0.2) is 4.57 Å². The zero-order chi connectivity index (χ0) is 14.8. The van der Waals surface area contributed by atoms with Gasteiger partial charge in [0.15, 0.2) is 0 Å². The van der Waals surface area contributed by atoms with Crippen molar-refractivity contribution in [3.8, 4) is 5.69 Å². The zero-order valence-corrected chi connectivity index (χ0v) is 13.8. The Labute approximate surface area is 137 Å². The maximum Gasteiger partial charge on any atom is 0.0579 e. The van der Waals surface area contributed by atoms with Crippen LogP contribution in [0, 0.1) is 0 Å². The zero-order valence-electron chi connectivity index (χ0n) is 12.2. The number of benzene rings is 3. The topological polar surface area (TPSA) is 4.93 Å². The molecule has 1 aliphatic heterocycles. The number of aromatic nitrogens is 1. The number of halogens is 1. The Morgan fingerprint density at radius 1 is 0.864 bits per heavy atom. The van der Waals surface area contributed by atoms with Crippen molar-refractivity contribution in [1.82, 2.24) is 4.57 Å². The molecule has 1 atom stereocenters. The van der Waals surface area contributed by atoms with Gasteiger partial charge < -0.3 is 4.57 Å². The van der Waals surface area contributed by atoms with Gasteiger partial charge in [-0.15, -0.1) is 0 Å². The van der Waals surface area contributed by atoms with Gasteiger partial charge in [-0.2, -0.15) is 0 Å². The predicted octanol–water partition coefficient (Wildman–Crippen LogP) is 6.01. The van der Waals surface area contributed by atoms with Gasteiger partial charge >= 0.3 is 0 Å². The summed E-state index contributed by atoms with van der Waals surface area (Å²) in [5, 5.41) is 2.69. The highest BCUT2D eigenvalue weighted by atomic mass is 79.9. The summed E-state index contributed by atoms with van der Waals surface area (Å²) < 4.78 is 3.58. The number of rotatable bonds is 0. The molecule has 0 spiro atoms. The molecule has 0 amide bonds. The predicted molar refractivity (Wildman–Crippen MR) is 96.0 cm³/mol. The summed E-state index contributed by atoms with van der Waals surface area (Å²) in [5.41, 5.74) is 6.77. The molecule has 5 rings (SSSR count). The van der Waals surface area contributed by atoms with Crippen LogP contribution in [0.15, 0.2) is 65.1 Å². The molecule has 106 valence electrons. The van der Waals surface area contributed by atoms with Gasteiger partial charge in [-0.3, -0.25) is 0 Å². The first-order valence-electron chi connectivity index (χ1n) is 7.57. The standard InChI is InChI=1S/C20H14BrN/c1-12-14-6-4-7-16-15-5-2-3-8-18(15)22(20(14)16)19-10-9-13(21)11-17(12)19/h2-12H,1H3. The Morgan fingerprint density at radius 3 is 2.59 bits per heavy atom. The third kappa shape index (κ3) is 1.43. The fourth-order valence-corrected chi connectivity index (χ4v) is 4.27. The second kappa shape index (κ2) is 4.23. The fourth-order valence-electron chi connectivity index (χ4n) is 3.89. The molecule has 22 heavy (non-hydrogen) atoms. The van der Waals surface area contributed by atoms with Gasteiger partial charge in [0.2, 0.25) is 0 Å². The number of fused-ring (bicyclic) bond motifs is 5. The molecule has 2 heteroatoms. The molecule has 0 aliphatic carbocycles. The fraction of sp³-hybridized carbons (Fsp3) is 0.100. The molecule has 0 radical (unpaired) electrons. The molecule has 0 bridgehead atoms. The van der Waals surface area contributed by atoms with E-state index in [4.69, 9.17) is 0 Å². The summed E-state index contributed by atoms with van der Waals surface area (Å²) in [6.07, 6.45) is 0. The van der Waals surface area contributed by atoms with Crippen molar-refractivity contribution in [3.63, 3.8) is 0 Å². The lowest BCUT2D eigenvalue weighted by atomic mass is 9.88. The van der Waals surface area contributed by atoms with Crippen LogP contribution in [0.5, 0.6) is 0 Å². The number of hydrogen-bond acceptors (Lipinski definition) is 0. The number of hydrogen-bond donors (Lipinski definition) is 0. The smallest absolute Gasteiger partial charge is 0.0579 e. The van der Waals surface area contributed by atoms with Gasteiger partial charge in [-0.1, -0.05) is 59.3 Å². The summed E-state index contributed by atoms with van der Waals surface area (Å²) in [7, 11) is 0. The van der Waals surface area contributed by atoms with Crippen LogP contribution in [-0.2, 0) is 0 Å².